The second-order valence-electron chi connectivity index (χ2n) is 6.15. The zero-order chi connectivity index (χ0) is 20.2. The maximum absolute atomic E-state index is 11.2. The Morgan fingerprint density at radius 3 is 2.50 bits per heavy atom. The summed E-state index contributed by atoms with van der Waals surface area (Å²) in [6.07, 6.45) is 0.842. The molecule has 0 bridgehead atoms. The first-order valence-electron chi connectivity index (χ1n) is 9.16. The number of anilines is 2. The third kappa shape index (κ3) is 7.67. The quantitative estimate of drug-likeness (QED) is 0.351. The smallest absolute Gasteiger partial charge is 0.221 e. The van der Waals surface area contributed by atoms with Crippen molar-refractivity contribution in [2.45, 2.75) is 19.9 Å². The highest BCUT2D eigenvalue weighted by atomic mass is 16.5. The summed E-state index contributed by atoms with van der Waals surface area (Å²) in [4.78, 5) is 15.4. The molecule has 0 aliphatic carbocycles. The molecule has 0 aromatic heterocycles. The SMILES string of the molecule is CN=C(NCc1cccc(NC(C)=O)c1)Nc1cccc(OCCCOC)c1. The zero-order valence-corrected chi connectivity index (χ0v) is 16.6. The number of hydrogen-bond donors (Lipinski definition) is 3. The molecule has 1 amide bonds. The van der Waals surface area contributed by atoms with Gasteiger partial charge in [0.05, 0.1) is 6.61 Å². The van der Waals surface area contributed by atoms with Crippen LogP contribution in [0.2, 0.25) is 0 Å². The van der Waals surface area contributed by atoms with E-state index in [1.165, 1.54) is 6.92 Å². The fourth-order valence-electron chi connectivity index (χ4n) is 2.52. The molecule has 0 fully saturated rings. The molecule has 0 saturated carbocycles. The number of methoxy groups -OCH3 is 1. The van der Waals surface area contributed by atoms with Crippen LogP contribution in [0.3, 0.4) is 0 Å². The molecule has 2 aromatic carbocycles. The van der Waals surface area contributed by atoms with Crippen molar-refractivity contribution in [3.63, 3.8) is 0 Å². The lowest BCUT2D eigenvalue weighted by Crippen LogP contribution is -2.30. The minimum atomic E-state index is -0.0908. The van der Waals surface area contributed by atoms with E-state index in [1.54, 1.807) is 14.2 Å². The first-order valence-corrected chi connectivity index (χ1v) is 9.16. The normalized spacial score (nSPS) is 11.0. The Kier molecular flexibility index (Phi) is 8.81. The van der Waals surface area contributed by atoms with E-state index in [4.69, 9.17) is 9.47 Å². The minimum Gasteiger partial charge on any atom is -0.493 e. The van der Waals surface area contributed by atoms with Crippen LogP contribution in [0.5, 0.6) is 5.75 Å². The average Bonchev–Trinajstić information content (AvgIpc) is 2.68. The van der Waals surface area contributed by atoms with Crippen LogP contribution in [0.1, 0.15) is 18.9 Å². The van der Waals surface area contributed by atoms with Crippen LogP contribution in [-0.4, -0.2) is 39.2 Å². The van der Waals surface area contributed by atoms with E-state index in [0.29, 0.717) is 25.7 Å². The van der Waals surface area contributed by atoms with Gasteiger partial charge in [0.15, 0.2) is 5.96 Å². The van der Waals surface area contributed by atoms with Crippen molar-refractivity contribution in [2.75, 3.05) is 38.0 Å². The van der Waals surface area contributed by atoms with Gasteiger partial charge in [-0.05, 0) is 29.8 Å². The van der Waals surface area contributed by atoms with Gasteiger partial charge in [-0.1, -0.05) is 18.2 Å². The highest BCUT2D eigenvalue weighted by Crippen LogP contribution is 2.17. The Bertz CT molecular complexity index is 793. The van der Waals surface area contributed by atoms with Crippen molar-refractivity contribution >= 4 is 23.2 Å². The van der Waals surface area contributed by atoms with Crippen molar-refractivity contribution in [3.8, 4) is 5.75 Å². The molecule has 0 spiro atoms. The summed E-state index contributed by atoms with van der Waals surface area (Å²) in [5.74, 6) is 1.34. The second kappa shape index (κ2) is 11.6. The van der Waals surface area contributed by atoms with Crippen molar-refractivity contribution in [2.24, 2.45) is 4.99 Å². The average molecular weight is 384 g/mol. The largest absolute Gasteiger partial charge is 0.493 e. The monoisotopic (exact) mass is 384 g/mol. The summed E-state index contributed by atoms with van der Waals surface area (Å²) in [5, 5.41) is 9.30. The molecule has 7 heteroatoms. The van der Waals surface area contributed by atoms with Gasteiger partial charge in [0.25, 0.3) is 0 Å². The van der Waals surface area contributed by atoms with E-state index in [0.717, 1.165) is 29.1 Å². The number of hydrogen-bond acceptors (Lipinski definition) is 4. The van der Waals surface area contributed by atoms with Crippen LogP contribution < -0.4 is 20.7 Å². The Hall–Kier alpha value is -3.06. The number of aliphatic imine (C=N–C) groups is 1. The van der Waals surface area contributed by atoms with E-state index in [-0.39, 0.29) is 5.91 Å². The van der Waals surface area contributed by atoms with Crippen molar-refractivity contribution in [1.29, 1.82) is 0 Å². The van der Waals surface area contributed by atoms with Crippen LogP contribution in [0, 0.1) is 0 Å². The number of rotatable bonds is 9. The third-order valence-electron chi connectivity index (χ3n) is 3.79. The predicted molar refractivity (Wildman–Crippen MR) is 113 cm³/mol. The topological polar surface area (TPSA) is 84.0 Å². The van der Waals surface area contributed by atoms with Crippen LogP contribution in [0.25, 0.3) is 0 Å². The van der Waals surface area contributed by atoms with E-state index in [2.05, 4.69) is 20.9 Å². The molecule has 0 unspecified atom stereocenters. The standard InChI is InChI=1S/C21H28N4O3/c1-16(26)24-18-8-4-7-17(13-18)15-23-21(22-2)25-19-9-5-10-20(14-19)28-12-6-11-27-3/h4-5,7-10,13-14H,6,11-12,15H2,1-3H3,(H,24,26)(H2,22,23,25). The number of carbonyl (C=O) groups excluding carboxylic acids is 1. The van der Waals surface area contributed by atoms with Gasteiger partial charge in [0, 0.05) is 58.1 Å². The maximum atomic E-state index is 11.2. The second-order valence-corrected chi connectivity index (χ2v) is 6.15. The van der Waals surface area contributed by atoms with E-state index in [9.17, 15) is 4.79 Å². The maximum Gasteiger partial charge on any atom is 0.221 e. The van der Waals surface area contributed by atoms with Gasteiger partial charge in [-0.25, -0.2) is 0 Å². The van der Waals surface area contributed by atoms with Crippen LogP contribution >= 0.6 is 0 Å². The highest BCUT2D eigenvalue weighted by Gasteiger charge is 2.03. The predicted octanol–water partition coefficient (Wildman–Crippen LogP) is 3.25. The van der Waals surface area contributed by atoms with Gasteiger partial charge in [0.1, 0.15) is 5.75 Å². The van der Waals surface area contributed by atoms with E-state index in [1.807, 2.05) is 48.5 Å². The molecule has 0 aliphatic heterocycles. The molecular weight excluding hydrogens is 356 g/mol. The van der Waals surface area contributed by atoms with Crippen molar-refractivity contribution in [1.82, 2.24) is 5.32 Å². The first-order chi connectivity index (χ1) is 13.6. The molecule has 0 aliphatic rings. The highest BCUT2D eigenvalue weighted by molar-refractivity contribution is 5.93. The van der Waals surface area contributed by atoms with Gasteiger partial charge in [0.2, 0.25) is 5.91 Å². The lowest BCUT2D eigenvalue weighted by Gasteiger charge is -2.14. The summed E-state index contributed by atoms with van der Waals surface area (Å²) in [7, 11) is 3.40. The number of guanidine groups is 1. The van der Waals surface area contributed by atoms with Crippen molar-refractivity contribution in [3.05, 3.63) is 54.1 Å². The molecule has 150 valence electrons. The van der Waals surface area contributed by atoms with Crippen LogP contribution in [0.15, 0.2) is 53.5 Å². The van der Waals surface area contributed by atoms with Gasteiger partial charge in [-0.15, -0.1) is 0 Å². The molecule has 2 rings (SSSR count). The van der Waals surface area contributed by atoms with Gasteiger partial charge in [-0.3, -0.25) is 9.79 Å². The zero-order valence-electron chi connectivity index (χ0n) is 16.6. The molecule has 0 heterocycles. The molecule has 0 radical (unpaired) electrons. The summed E-state index contributed by atoms with van der Waals surface area (Å²) < 4.78 is 10.7. The Morgan fingerprint density at radius 1 is 1.04 bits per heavy atom. The molecular formula is C21H28N4O3. The number of benzene rings is 2. The number of carbonyl (C=O) groups is 1. The third-order valence-corrected chi connectivity index (χ3v) is 3.79. The van der Waals surface area contributed by atoms with Gasteiger partial charge >= 0.3 is 0 Å². The fourth-order valence-corrected chi connectivity index (χ4v) is 2.52. The Balaban J connectivity index is 1.90. The Labute approximate surface area is 166 Å². The molecule has 28 heavy (non-hydrogen) atoms. The van der Waals surface area contributed by atoms with Gasteiger partial charge < -0.3 is 25.4 Å². The Morgan fingerprint density at radius 2 is 1.79 bits per heavy atom. The number of nitrogens with one attached hydrogen (secondary N) is 3. The minimum absolute atomic E-state index is 0.0908. The number of ether oxygens (including phenoxy) is 2. The fraction of sp³-hybridized carbons (Fsp3) is 0.333. The molecule has 2 aromatic rings. The number of nitrogens with zero attached hydrogens (tertiary/aromatic N) is 1. The van der Waals surface area contributed by atoms with Crippen LogP contribution in [-0.2, 0) is 16.1 Å². The summed E-state index contributed by atoms with van der Waals surface area (Å²) >= 11 is 0. The molecule has 0 saturated heterocycles. The van der Waals surface area contributed by atoms with Crippen LogP contribution in [0.4, 0.5) is 11.4 Å². The summed E-state index contributed by atoms with van der Waals surface area (Å²) in [6.45, 7) is 3.35. The number of amides is 1. The van der Waals surface area contributed by atoms with Crippen molar-refractivity contribution < 1.29 is 14.3 Å². The van der Waals surface area contributed by atoms with E-state index < -0.39 is 0 Å². The first kappa shape index (κ1) is 21.2. The van der Waals surface area contributed by atoms with E-state index >= 15 is 0 Å². The molecule has 3 N–H and O–H groups in total. The lowest BCUT2D eigenvalue weighted by atomic mass is 10.2. The van der Waals surface area contributed by atoms with Gasteiger partial charge in [-0.2, -0.15) is 0 Å². The summed E-state index contributed by atoms with van der Waals surface area (Å²) in [5.41, 5.74) is 2.68. The lowest BCUT2D eigenvalue weighted by molar-refractivity contribution is -0.114. The molecule has 0 atom stereocenters. The molecule has 7 nitrogen and oxygen atoms in total. The summed E-state index contributed by atoms with van der Waals surface area (Å²) in [6, 6.07) is 15.4.